The van der Waals surface area contributed by atoms with E-state index in [2.05, 4.69) is 117 Å². The zero-order valence-corrected chi connectivity index (χ0v) is 38.9. The van der Waals surface area contributed by atoms with Crippen LogP contribution in [0.15, 0.2) is 158 Å². The molecule has 66 heavy (non-hydrogen) atoms. The molecule has 7 rings (SSSR count). The van der Waals surface area contributed by atoms with Crippen molar-refractivity contribution in [2.24, 2.45) is 0 Å². The van der Waals surface area contributed by atoms with Gasteiger partial charge in [0.25, 0.3) is 0 Å². The molecule has 1 aliphatic heterocycles. The maximum Gasteiger partial charge on any atom is 0.330 e. The van der Waals surface area contributed by atoms with Crippen LogP contribution in [0.2, 0.25) is 0 Å². The fourth-order valence-corrected chi connectivity index (χ4v) is 7.45. The summed E-state index contributed by atoms with van der Waals surface area (Å²) in [5.74, 6) is -0.775. The number of methoxy groups -OCH3 is 2. The SMILES string of the molecule is COC(=O)/C=C/c1cccc(N(Cc2ccc(-c3ccc(N(C)C)cc3)cc2)C(=O)N2CCCCC2)c1.COC(=O)/C=C/c1cccc(NCc2ccc(-c3ccc(N(C)C)cc3)cc2)c1. The summed E-state index contributed by atoms with van der Waals surface area (Å²) in [7, 11) is 10.9. The summed E-state index contributed by atoms with van der Waals surface area (Å²) in [6, 6.07) is 49.6. The number of likely N-dealkylation sites (tertiary alicyclic amines) is 1. The Hall–Kier alpha value is -7.59. The monoisotopic (exact) mass is 883 g/mol. The molecule has 0 aromatic heterocycles. The van der Waals surface area contributed by atoms with Crippen molar-refractivity contribution in [1.29, 1.82) is 0 Å². The second-order valence-corrected chi connectivity index (χ2v) is 16.5. The molecule has 2 amide bonds. The molecule has 10 heteroatoms. The highest BCUT2D eigenvalue weighted by atomic mass is 16.5. The average Bonchev–Trinajstić information content (AvgIpc) is 3.36. The number of hydrogen-bond donors (Lipinski definition) is 1. The Morgan fingerprint density at radius 1 is 0.545 bits per heavy atom. The highest BCUT2D eigenvalue weighted by Crippen LogP contribution is 2.27. The smallest absolute Gasteiger partial charge is 0.330 e. The van der Waals surface area contributed by atoms with Gasteiger partial charge in [-0.3, -0.25) is 4.90 Å². The average molecular weight is 884 g/mol. The highest BCUT2D eigenvalue weighted by molar-refractivity contribution is 5.93. The van der Waals surface area contributed by atoms with Gasteiger partial charge in [0, 0.05) is 82.7 Å². The van der Waals surface area contributed by atoms with Crippen molar-refractivity contribution in [2.45, 2.75) is 32.4 Å². The van der Waals surface area contributed by atoms with Crippen LogP contribution in [0.4, 0.5) is 27.5 Å². The Labute approximate surface area is 390 Å². The molecule has 0 atom stereocenters. The number of anilines is 4. The van der Waals surface area contributed by atoms with Gasteiger partial charge < -0.3 is 29.5 Å². The van der Waals surface area contributed by atoms with Crippen LogP contribution in [0.5, 0.6) is 0 Å². The Morgan fingerprint density at radius 3 is 1.48 bits per heavy atom. The fraction of sp³-hybridized carbons (Fsp3) is 0.232. The normalized spacial score (nSPS) is 12.2. The van der Waals surface area contributed by atoms with Gasteiger partial charge in [-0.1, -0.05) is 97.1 Å². The van der Waals surface area contributed by atoms with Crippen LogP contribution in [0.25, 0.3) is 34.4 Å². The number of piperidine rings is 1. The topological polar surface area (TPSA) is 94.7 Å². The van der Waals surface area contributed by atoms with Crippen molar-refractivity contribution < 1.29 is 23.9 Å². The van der Waals surface area contributed by atoms with Gasteiger partial charge in [-0.2, -0.15) is 0 Å². The maximum absolute atomic E-state index is 13.7. The number of hydrogen-bond acceptors (Lipinski definition) is 8. The number of benzene rings is 6. The van der Waals surface area contributed by atoms with E-state index >= 15 is 0 Å². The molecule has 0 unspecified atom stereocenters. The molecule has 1 aliphatic rings. The van der Waals surface area contributed by atoms with Gasteiger partial charge in [0.15, 0.2) is 0 Å². The maximum atomic E-state index is 13.7. The molecule has 0 spiro atoms. The van der Waals surface area contributed by atoms with E-state index in [0.717, 1.165) is 83.8 Å². The molecule has 10 nitrogen and oxygen atoms in total. The van der Waals surface area contributed by atoms with Crippen LogP contribution >= 0.6 is 0 Å². The van der Waals surface area contributed by atoms with Crippen LogP contribution in [0.1, 0.15) is 41.5 Å². The van der Waals surface area contributed by atoms with Gasteiger partial charge in [-0.15, -0.1) is 0 Å². The summed E-state index contributed by atoms with van der Waals surface area (Å²) < 4.78 is 9.33. The minimum absolute atomic E-state index is 0.0112. The van der Waals surface area contributed by atoms with E-state index in [1.165, 1.54) is 48.7 Å². The molecule has 1 heterocycles. The molecule has 0 radical (unpaired) electrons. The van der Waals surface area contributed by atoms with E-state index in [0.29, 0.717) is 6.54 Å². The summed E-state index contributed by atoms with van der Waals surface area (Å²) >= 11 is 0. The molecule has 0 bridgehead atoms. The lowest BCUT2D eigenvalue weighted by molar-refractivity contribution is -0.135. The first kappa shape index (κ1) is 47.9. The molecule has 340 valence electrons. The van der Waals surface area contributed by atoms with E-state index in [4.69, 9.17) is 4.74 Å². The predicted molar refractivity (Wildman–Crippen MR) is 272 cm³/mol. The zero-order chi connectivity index (χ0) is 46.8. The van der Waals surface area contributed by atoms with Gasteiger partial charge in [-0.05, 0) is 124 Å². The van der Waals surface area contributed by atoms with E-state index in [9.17, 15) is 14.4 Å². The van der Waals surface area contributed by atoms with Crippen molar-refractivity contribution in [3.8, 4) is 22.3 Å². The summed E-state index contributed by atoms with van der Waals surface area (Å²) in [6.07, 6.45) is 9.48. The summed E-state index contributed by atoms with van der Waals surface area (Å²) in [5.41, 5.74) is 12.9. The number of nitrogens with zero attached hydrogens (tertiary/aromatic N) is 4. The molecular formula is C56H61N5O5. The molecule has 0 aliphatic carbocycles. The zero-order valence-electron chi connectivity index (χ0n) is 38.9. The largest absolute Gasteiger partial charge is 0.466 e. The molecule has 0 saturated carbocycles. The molecule has 6 aromatic carbocycles. The molecule has 1 fully saturated rings. The first-order valence-electron chi connectivity index (χ1n) is 22.3. The van der Waals surface area contributed by atoms with Gasteiger partial charge >= 0.3 is 18.0 Å². The molecule has 1 N–H and O–H groups in total. The second-order valence-electron chi connectivity index (χ2n) is 16.5. The van der Waals surface area contributed by atoms with Gasteiger partial charge in [0.2, 0.25) is 0 Å². The van der Waals surface area contributed by atoms with Gasteiger partial charge in [-0.25, -0.2) is 14.4 Å². The lowest BCUT2D eigenvalue weighted by Crippen LogP contribution is -2.45. The Kier molecular flexibility index (Phi) is 17.3. The Bertz CT molecular complexity index is 2560. The summed E-state index contributed by atoms with van der Waals surface area (Å²) in [4.78, 5) is 44.4. The number of esters is 2. The highest BCUT2D eigenvalue weighted by Gasteiger charge is 2.24. The summed E-state index contributed by atoms with van der Waals surface area (Å²) in [5, 5.41) is 3.43. The van der Waals surface area contributed by atoms with Crippen LogP contribution < -0.4 is 20.0 Å². The van der Waals surface area contributed by atoms with Crippen LogP contribution in [-0.2, 0) is 32.2 Å². The molecule has 1 saturated heterocycles. The van der Waals surface area contributed by atoms with E-state index in [-0.39, 0.29) is 12.0 Å². The number of nitrogens with one attached hydrogen (secondary N) is 1. The van der Waals surface area contributed by atoms with Crippen molar-refractivity contribution in [2.75, 3.05) is 75.5 Å². The van der Waals surface area contributed by atoms with Crippen molar-refractivity contribution in [3.05, 3.63) is 180 Å². The standard InChI is InChI=1S/C31H35N3O3.C25H26N2O2/c1-32(2)28-17-15-27(16-18-28)26-13-10-25(11-14-26)23-34(31(36)33-20-5-4-6-21-33)29-9-7-8-24(22-29)12-19-30(35)37-3;1-27(2)24-14-12-22(13-15-24)21-10-7-20(8-11-21)18-26-23-6-4-5-19(17-23)9-16-25(28)29-3/h7-19,22H,4-6,20-21,23H2,1-3H3;4-17,26H,18H2,1-3H3/b19-12+;16-9+. The third-order valence-corrected chi connectivity index (χ3v) is 11.3. The Balaban J connectivity index is 0.000000225. The third-order valence-electron chi connectivity index (χ3n) is 11.3. The quantitative estimate of drug-likeness (QED) is 0.0854. The lowest BCUT2D eigenvalue weighted by Gasteiger charge is -2.33. The van der Waals surface area contributed by atoms with Crippen molar-refractivity contribution in [3.63, 3.8) is 0 Å². The number of urea groups is 1. The fourth-order valence-electron chi connectivity index (χ4n) is 7.45. The Morgan fingerprint density at radius 2 is 1.00 bits per heavy atom. The lowest BCUT2D eigenvalue weighted by atomic mass is 10.0. The number of ether oxygens (including phenoxy) is 2. The number of rotatable bonds is 14. The second kappa shape index (κ2) is 23.9. The minimum atomic E-state index is -0.414. The first-order chi connectivity index (χ1) is 32.0. The molecule has 6 aromatic rings. The first-order valence-corrected chi connectivity index (χ1v) is 22.3. The van der Waals surface area contributed by atoms with E-state index < -0.39 is 5.97 Å². The van der Waals surface area contributed by atoms with Crippen molar-refractivity contribution in [1.82, 2.24) is 4.90 Å². The van der Waals surface area contributed by atoms with Gasteiger partial charge in [0.1, 0.15) is 0 Å². The minimum Gasteiger partial charge on any atom is -0.466 e. The predicted octanol–water partition coefficient (Wildman–Crippen LogP) is 11.4. The van der Waals surface area contributed by atoms with Crippen LogP contribution in [0, 0.1) is 0 Å². The van der Waals surface area contributed by atoms with Crippen molar-refractivity contribution >= 4 is 52.9 Å². The number of carbonyl (C=O) groups is 3. The van der Waals surface area contributed by atoms with E-state index in [1.54, 1.807) is 12.2 Å². The van der Waals surface area contributed by atoms with Gasteiger partial charge in [0.05, 0.1) is 20.8 Å². The summed E-state index contributed by atoms with van der Waals surface area (Å²) in [6.45, 7) is 2.74. The van der Waals surface area contributed by atoms with E-state index in [1.807, 2.05) is 86.5 Å². The number of amides is 2. The van der Waals surface area contributed by atoms with Crippen LogP contribution in [-0.4, -0.2) is 78.4 Å². The third kappa shape index (κ3) is 14.0. The van der Waals surface area contributed by atoms with Crippen LogP contribution in [0.3, 0.4) is 0 Å². The molecular weight excluding hydrogens is 823 g/mol. The number of carbonyl (C=O) groups excluding carboxylic acids is 3.